The molecule has 0 heterocycles. The second-order valence-corrected chi connectivity index (χ2v) is 13.7. The van der Waals surface area contributed by atoms with Gasteiger partial charge in [0.1, 0.15) is 0 Å². The molecule has 3 aliphatic carbocycles. The number of rotatable bonds is 5. The van der Waals surface area contributed by atoms with Crippen molar-refractivity contribution in [2.75, 3.05) is 14.1 Å². The lowest BCUT2D eigenvalue weighted by atomic mass is 10.5. The summed E-state index contributed by atoms with van der Waals surface area (Å²) < 4.78 is 67.8. The first-order chi connectivity index (χ1) is 13.1. The second kappa shape index (κ2) is 13.3. The van der Waals surface area contributed by atoms with Crippen molar-refractivity contribution in [1.82, 2.24) is 9.44 Å². The molecule has 0 aliphatic heterocycles. The lowest BCUT2D eigenvalue weighted by Crippen LogP contribution is -2.30. The minimum Gasteiger partial charge on any atom is -0.228 e. The van der Waals surface area contributed by atoms with Crippen LogP contribution in [0.2, 0.25) is 0 Å². The molecule has 0 radical (unpaired) electrons. The van der Waals surface area contributed by atoms with Crippen molar-refractivity contribution in [1.29, 1.82) is 0 Å². The molecule has 3 saturated carbocycles. The van der Waals surface area contributed by atoms with E-state index >= 15 is 0 Å². The van der Waals surface area contributed by atoms with Crippen LogP contribution in [0.1, 0.15) is 87.5 Å². The summed E-state index contributed by atoms with van der Waals surface area (Å²) in [6.45, 7) is 11.4. The molecule has 0 bridgehead atoms. The van der Waals surface area contributed by atoms with Gasteiger partial charge in [-0.05, 0) is 66.5 Å². The van der Waals surface area contributed by atoms with Crippen molar-refractivity contribution in [3.63, 3.8) is 0 Å². The quantitative estimate of drug-likeness (QED) is 0.532. The van der Waals surface area contributed by atoms with Crippen molar-refractivity contribution in [3.05, 3.63) is 0 Å². The van der Waals surface area contributed by atoms with Gasteiger partial charge < -0.3 is 0 Å². The maximum Gasteiger partial charge on any atom is 0.216 e. The monoisotopic (exact) mass is 495 g/mol. The zero-order chi connectivity index (χ0) is 23.7. The Morgan fingerprint density at radius 2 is 1.07 bits per heavy atom. The molecule has 0 atom stereocenters. The lowest BCUT2D eigenvalue weighted by molar-refractivity contribution is 0.573. The van der Waals surface area contributed by atoms with Crippen LogP contribution in [-0.4, -0.2) is 54.1 Å². The molecule has 0 aromatic rings. The molecule has 3 aliphatic rings. The van der Waals surface area contributed by atoms with Crippen LogP contribution >= 0.6 is 0 Å². The van der Waals surface area contributed by atoms with Gasteiger partial charge in [-0.1, -0.05) is 35.1 Å². The first-order valence-electron chi connectivity index (χ1n) is 10.0. The van der Waals surface area contributed by atoms with Gasteiger partial charge in [0.05, 0.1) is 14.7 Å². The van der Waals surface area contributed by atoms with Gasteiger partial charge in [-0.3, -0.25) is 0 Å². The lowest BCUT2D eigenvalue weighted by Gasteiger charge is -2.06. The Labute approximate surface area is 186 Å². The normalized spacial score (nSPS) is 19.9. The van der Waals surface area contributed by atoms with E-state index in [1.807, 2.05) is 27.7 Å². The third-order valence-corrected chi connectivity index (χ3v) is 10.7. The SMILES string of the molecule is C.CC.CC.CC1(S(N)(=O)=O)CC1.CNS(=O)(=O)C1(C)CC1.CNS(=O)(=O)C1CC1. The van der Waals surface area contributed by atoms with E-state index in [-0.39, 0.29) is 12.7 Å². The summed E-state index contributed by atoms with van der Waals surface area (Å²) >= 11 is 0. The summed E-state index contributed by atoms with van der Waals surface area (Å²) in [4.78, 5) is 0. The first-order valence-corrected chi connectivity index (χ1v) is 14.6. The summed E-state index contributed by atoms with van der Waals surface area (Å²) in [7, 11) is -6.17. The zero-order valence-electron chi connectivity index (χ0n) is 19.1. The topological polar surface area (TPSA) is 152 Å². The van der Waals surface area contributed by atoms with Crippen molar-refractivity contribution >= 4 is 30.1 Å². The molecule has 0 aromatic carbocycles. The Morgan fingerprint density at radius 1 is 0.733 bits per heavy atom. The van der Waals surface area contributed by atoms with Gasteiger partial charge in [0, 0.05) is 0 Å². The van der Waals surface area contributed by atoms with E-state index in [1.54, 1.807) is 13.8 Å². The molecule has 186 valence electrons. The molecule has 3 fully saturated rings. The van der Waals surface area contributed by atoms with Crippen LogP contribution in [-0.2, 0) is 30.1 Å². The van der Waals surface area contributed by atoms with Gasteiger partial charge in [-0.2, -0.15) is 0 Å². The average molecular weight is 496 g/mol. The molecule has 0 spiro atoms. The minimum atomic E-state index is -3.23. The molecule has 12 heteroatoms. The van der Waals surface area contributed by atoms with E-state index in [0.29, 0.717) is 0 Å². The van der Waals surface area contributed by atoms with Crippen molar-refractivity contribution in [2.24, 2.45) is 5.14 Å². The number of sulfonamides is 3. The molecular weight excluding hydrogens is 450 g/mol. The Hall–Kier alpha value is -0.270. The van der Waals surface area contributed by atoms with Gasteiger partial charge in [-0.25, -0.2) is 39.8 Å². The van der Waals surface area contributed by atoms with Crippen LogP contribution in [0, 0.1) is 0 Å². The van der Waals surface area contributed by atoms with Gasteiger partial charge in [0.2, 0.25) is 30.1 Å². The molecule has 0 amide bonds. The molecule has 0 saturated heterocycles. The van der Waals surface area contributed by atoms with E-state index in [0.717, 1.165) is 38.5 Å². The summed E-state index contributed by atoms with van der Waals surface area (Å²) in [6, 6.07) is 0. The average Bonchev–Trinajstić information content (AvgIpc) is 3.51. The summed E-state index contributed by atoms with van der Waals surface area (Å²) in [5.74, 6) is 0. The minimum absolute atomic E-state index is 0. The van der Waals surface area contributed by atoms with Gasteiger partial charge in [0.25, 0.3) is 0 Å². The number of nitrogens with two attached hydrogens (primary N) is 1. The maximum atomic E-state index is 11.0. The second-order valence-electron chi connectivity index (χ2n) is 7.10. The van der Waals surface area contributed by atoms with Crippen LogP contribution in [0.25, 0.3) is 0 Å². The van der Waals surface area contributed by atoms with Crippen molar-refractivity contribution < 1.29 is 25.3 Å². The Morgan fingerprint density at radius 3 is 1.13 bits per heavy atom. The number of primary sulfonamides is 1. The van der Waals surface area contributed by atoms with Gasteiger partial charge in [0.15, 0.2) is 0 Å². The molecule has 9 nitrogen and oxygen atoms in total. The van der Waals surface area contributed by atoms with Gasteiger partial charge in [-0.15, -0.1) is 0 Å². The third-order valence-electron chi connectivity index (χ3n) is 4.76. The highest BCUT2D eigenvalue weighted by Gasteiger charge is 2.49. The fraction of sp³-hybridized carbons (Fsp3) is 1.00. The fourth-order valence-corrected chi connectivity index (χ4v) is 4.59. The van der Waals surface area contributed by atoms with Crippen molar-refractivity contribution in [2.45, 2.75) is 102 Å². The van der Waals surface area contributed by atoms with E-state index in [1.165, 1.54) is 14.1 Å². The third kappa shape index (κ3) is 10.9. The highest BCUT2D eigenvalue weighted by atomic mass is 32.2. The summed E-state index contributed by atoms with van der Waals surface area (Å²) in [5, 5.41) is 4.77. The Balaban J connectivity index is -0.000000331. The predicted molar refractivity (Wildman–Crippen MR) is 127 cm³/mol. The summed E-state index contributed by atoms with van der Waals surface area (Å²) in [6.07, 6.45) is 4.73. The largest absolute Gasteiger partial charge is 0.228 e. The molecule has 30 heavy (non-hydrogen) atoms. The Kier molecular flexibility index (Phi) is 15.2. The van der Waals surface area contributed by atoms with E-state index < -0.39 is 39.6 Å². The van der Waals surface area contributed by atoms with Crippen LogP contribution in [0.15, 0.2) is 0 Å². The van der Waals surface area contributed by atoms with E-state index in [4.69, 9.17) is 5.14 Å². The number of hydrogen-bond donors (Lipinski definition) is 3. The standard InChI is InChI=1S/C5H11NO2S.2C4H9NO2S.2C2H6.CH4/c1-5(3-4-5)9(7,8)6-2;1-5-8(6,7)4-2-3-4;1-4(2-3-4)8(5,6)7;2*1-2;/h6H,3-4H2,1-2H3;4-5H,2-3H2,1H3;2-3H2,1H3,(H2,5,6,7);2*1-2H3;1H4. The maximum absolute atomic E-state index is 11.0. The highest BCUT2D eigenvalue weighted by Crippen LogP contribution is 2.42. The highest BCUT2D eigenvalue weighted by molar-refractivity contribution is 7.91. The van der Waals surface area contributed by atoms with Crippen LogP contribution < -0.4 is 14.6 Å². The smallest absolute Gasteiger partial charge is 0.216 e. The summed E-state index contributed by atoms with van der Waals surface area (Å²) in [5.41, 5.74) is 0. The molecular formula is C18H45N3O6S3. The number of hydrogen-bond acceptors (Lipinski definition) is 6. The first kappa shape index (κ1) is 34.3. The van der Waals surface area contributed by atoms with Crippen molar-refractivity contribution in [3.8, 4) is 0 Å². The molecule has 3 rings (SSSR count). The zero-order valence-corrected chi connectivity index (χ0v) is 21.5. The molecule has 0 aromatic heterocycles. The van der Waals surface area contributed by atoms with Gasteiger partial charge >= 0.3 is 0 Å². The number of nitrogens with one attached hydrogen (secondary N) is 2. The Bertz CT molecular complexity index is 769. The molecule has 4 N–H and O–H groups in total. The van der Waals surface area contributed by atoms with E-state index in [9.17, 15) is 25.3 Å². The predicted octanol–water partition coefficient (Wildman–Crippen LogP) is 2.30. The molecule has 0 unspecified atom stereocenters. The van der Waals surface area contributed by atoms with Crippen LogP contribution in [0.5, 0.6) is 0 Å². The fourth-order valence-electron chi connectivity index (χ4n) is 1.70. The van der Waals surface area contributed by atoms with E-state index in [2.05, 4.69) is 9.44 Å². The van der Waals surface area contributed by atoms with Crippen LogP contribution in [0.3, 0.4) is 0 Å². The van der Waals surface area contributed by atoms with Crippen LogP contribution in [0.4, 0.5) is 0 Å².